The lowest BCUT2D eigenvalue weighted by molar-refractivity contribution is 0.0565. The summed E-state index contributed by atoms with van der Waals surface area (Å²) in [7, 11) is -2.24. The van der Waals surface area contributed by atoms with Crippen LogP contribution < -0.4 is 4.74 Å². The maximum atomic E-state index is 13.2. The molecule has 1 heterocycles. The molecule has 0 saturated carbocycles. The van der Waals surface area contributed by atoms with E-state index in [9.17, 15) is 18.3 Å². The Morgan fingerprint density at radius 3 is 2.15 bits per heavy atom. The molecule has 1 N–H and O–H groups in total. The quantitative estimate of drug-likeness (QED) is 0.583. The Balaban J connectivity index is 1.50. The van der Waals surface area contributed by atoms with Crippen molar-refractivity contribution in [2.75, 3.05) is 46.4 Å². The zero-order valence-electron chi connectivity index (χ0n) is 19.6. The molecule has 1 aliphatic rings. The Kier molecular flexibility index (Phi) is 8.12. The van der Waals surface area contributed by atoms with Crippen LogP contribution in [-0.4, -0.2) is 81.2 Å². The number of carbonyl (C=O) groups excluding carboxylic acids is 1. The minimum Gasteiger partial charge on any atom is -0.491 e. The number of carbonyl (C=O) groups is 1. The number of hydrogen-bond donors (Lipinski definition) is 1. The first-order valence-corrected chi connectivity index (χ1v) is 12.4. The SMILES string of the molecule is COC(=O)c1ccc(OC[C@H](O)CN2CCN(S(=O)(=O)c3c(C)cc(C)cc3C)CC2)cc1. The van der Waals surface area contributed by atoms with Gasteiger partial charge in [-0.25, -0.2) is 13.2 Å². The van der Waals surface area contributed by atoms with Crippen molar-refractivity contribution in [1.82, 2.24) is 9.21 Å². The fourth-order valence-electron chi connectivity index (χ4n) is 4.20. The van der Waals surface area contributed by atoms with Crippen LogP contribution in [0.1, 0.15) is 27.0 Å². The second kappa shape index (κ2) is 10.6. The fraction of sp³-hybridized carbons (Fsp3) is 0.458. The molecule has 1 saturated heterocycles. The number of piperazine rings is 1. The Bertz CT molecular complexity index is 1050. The number of β-amino-alcohol motifs (C(OH)–C–C–N with tert-alkyl or cyclic N) is 1. The third-order valence-corrected chi connectivity index (χ3v) is 7.93. The van der Waals surface area contributed by atoms with Crippen molar-refractivity contribution in [1.29, 1.82) is 0 Å². The normalized spacial score (nSPS) is 16.4. The number of rotatable bonds is 8. The summed E-state index contributed by atoms with van der Waals surface area (Å²) >= 11 is 0. The van der Waals surface area contributed by atoms with E-state index in [0.29, 0.717) is 48.9 Å². The predicted molar refractivity (Wildman–Crippen MR) is 125 cm³/mol. The summed E-state index contributed by atoms with van der Waals surface area (Å²) in [5.74, 6) is 0.122. The second-order valence-corrected chi connectivity index (χ2v) is 10.3. The van der Waals surface area contributed by atoms with Gasteiger partial charge >= 0.3 is 5.97 Å². The molecule has 1 atom stereocenters. The van der Waals surface area contributed by atoms with Crippen molar-refractivity contribution < 1.29 is 27.8 Å². The molecule has 0 amide bonds. The number of ether oxygens (including phenoxy) is 2. The molecule has 1 aliphatic heterocycles. The minimum absolute atomic E-state index is 0.0951. The highest BCUT2D eigenvalue weighted by molar-refractivity contribution is 7.89. The minimum atomic E-state index is -3.56. The molecule has 3 rings (SSSR count). The number of aryl methyl sites for hydroxylation is 3. The number of aliphatic hydroxyl groups is 1. The number of aliphatic hydroxyl groups excluding tert-OH is 1. The van der Waals surface area contributed by atoms with Gasteiger partial charge in [0, 0.05) is 32.7 Å². The van der Waals surface area contributed by atoms with E-state index < -0.39 is 22.1 Å². The summed E-state index contributed by atoms with van der Waals surface area (Å²) in [5, 5.41) is 10.4. The lowest BCUT2D eigenvalue weighted by Crippen LogP contribution is -2.51. The van der Waals surface area contributed by atoms with Gasteiger partial charge in [0.25, 0.3) is 0 Å². The van der Waals surface area contributed by atoms with Crippen LogP contribution in [0.25, 0.3) is 0 Å². The molecule has 0 bridgehead atoms. The van der Waals surface area contributed by atoms with Crippen LogP contribution >= 0.6 is 0 Å². The van der Waals surface area contributed by atoms with Crippen LogP contribution in [0, 0.1) is 20.8 Å². The lowest BCUT2D eigenvalue weighted by Gasteiger charge is -2.35. The molecule has 0 aliphatic carbocycles. The van der Waals surface area contributed by atoms with Gasteiger partial charge < -0.3 is 14.6 Å². The second-order valence-electron chi connectivity index (χ2n) is 8.41. The average molecular weight is 477 g/mol. The van der Waals surface area contributed by atoms with E-state index in [1.54, 1.807) is 24.3 Å². The molecule has 9 heteroatoms. The standard InChI is InChI=1S/C24H32N2O6S/c1-17-13-18(2)23(19(3)14-17)33(29,30)26-11-9-25(10-12-26)15-21(27)16-32-22-7-5-20(6-8-22)24(28)31-4/h5-8,13-14,21,27H,9-12,15-16H2,1-4H3/t21-/m1/s1. The van der Waals surface area contributed by atoms with E-state index in [-0.39, 0.29) is 6.61 Å². The predicted octanol–water partition coefficient (Wildman–Crippen LogP) is 2.14. The molecule has 2 aromatic carbocycles. The molecule has 0 radical (unpaired) electrons. The van der Waals surface area contributed by atoms with Crippen molar-refractivity contribution in [3.63, 3.8) is 0 Å². The molecular formula is C24H32N2O6S. The number of benzene rings is 2. The average Bonchev–Trinajstić information content (AvgIpc) is 2.77. The first-order chi connectivity index (χ1) is 15.6. The third-order valence-electron chi connectivity index (χ3n) is 5.72. The van der Waals surface area contributed by atoms with E-state index >= 15 is 0 Å². The highest BCUT2D eigenvalue weighted by Gasteiger charge is 2.31. The topological polar surface area (TPSA) is 96.4 Å². The number of hydrogen-bond acceptors (Lipinski definition) is 7. The molecule has 33 heavy (non-hydrogen) atoms. The molecule has 8 nitrogen and oxygen atoms in total. The molecule has 0 unspecified atom stereocenters. The highest BCUT2D eigenvalue weighted by Crippen LogP contribution is 2.26. The van der Waals surface area contributed by atoms with Gasteiger partial charge in [0.2, 0.25) is 10.0 Å². The number of esters is 1. The maximum absolute atomic E-state index is 13.2. The summed E-state index contributed by atoms with van der Waals surface area (Å²) in [6.07, 6.45) is -0.727. The van der Waals surface area contributed by atoms with Gasteiger partial charge in [-0.3, -0.25) is 4.90 Å². The van der Waals surface area contributed by atoms with E-state index in [2.05, 4.69) is 4.74 Å². The van der Waals surface area contributed by atoms with Gasteiger partial charge in [-0.1, -0.05) is 17.7 Å². The van der Waals surface area contributed by atoms with E-state index in [1.807, 2.05) is 37.8 Å². The number of sulfonamides is 1. The molecule has 2 aromatic rings. The Labute approximate surface area is 195 Å². The number of nitrogens with zero attached hydrogens (tertiary/aromatic N) is 2. The van der Waals surface area contributed by atoms with Crippen LogP contribution in [0.2, 0.25) is 0 Å². The lowest BCUT2D eigenvalue weighted by atomic mass is 10.1. The smallest absolute Gasteiger partial charge is 0.337 e. The van der Waals surface area contributed by atoms with Crippen LogP contribution in [0.4, 0.5) is 0 Å². The molecule has 1 fully saturated rings. The summed E-state index contributed by atoms with van der Waals surface area (Å²) in [4.78, 5) is 13.9. The van der Waals surface area contributed by atoms with E-state index in [1.165, 1.54) is 11.4 Å². The zero-order chi connectivity index (χ0) is 24.2. The van der Waals surface area contributed by atoms with Gasteiger partial charge in [-0.15, -0.1) is 0 Å². The van der Waals surface area contributed by atoms with E-state index in [4.69, 9.17) is 4.74 Å². The monoisotopic (exact) mass is 476 g/mol. The maximum Gasteiger partial charge on any atom is 0.337 e. The van der Waals surface area contributed by atoms with Gasteiger partial charge in [-0.05, 0) is 56.2 Å². The summed E-state index contributed by atoms with van der Waals surface area (Å²) < 4.78 is 38.2. The fourth-order valence-corrected chi connectivity index (χ4v) is 6.04. The zero-order valence-corrected chi connectivity index (χ0v) is 20.4. The van der Waals surface area contributed by atoms with Crippen molar-refractivity contribution in [3.05, 3.63) is 58.7 Å². The highest BCUT2D eigenvalue weighted by atomic mass is 32.2. The van der Waals surface area contributed by atoms with Crippen LogP contribution in [-0.2, 0) is 14.8 Å². The Morgan fingerprint density at radius 1 is 1.03 bits per heavy atom. The van der Waals surface area contributed by atoms with E-state index in [0.717, 1.165) is 16.7 Å². The summed E-state index contributed by atoms with van der Waals surface area (Å²) in [6.45, 7) is 7.93. The first-order valence-electron chi connectivity index (χ1n) is 10.9. The van der Waals surface area contributed by atoms with Crippen LogP contribution in [0.15, 0.2) is 41.3 Å². The number of methoxy groups -OCH3 is 1. The van der Waals surface area contributed by atoms with Crippen LogP contribution in [0.5, 0.6) is 5.75 Å². The molecular weight excluding hydrogens is 444 g/mol. The van der Waals surface area contributed by atoms with Crippen molar-refractivity contribution in [2.24, 2.45) is 0 Å². The summed E-state index contributed by atoms with van der Waals surface area (Å²) in [6, 6.07) is 10.3. The van der Waals surface area contributed by atoms with Crippen molar-refractivity contribution in [2.45, 2.75) is 31.8 Å². The molecule has 180 valence electrons. The Hall–Kier alpha value is -2.46. The largest absolute Gasteiger partial charge is 0.491 e. The van der Waals surface area contributed by atoms with Gasteiger partial charge in [0.05, 0.1) is 17.6 Å². The van der Waals surface area contributed by atoms with Gasteiger partial charge in [0.1, 0.15) is 18.5 Å². The van der Waals surface area contributed by atoms with Gasteiger partial charge in [0.15, 0.2) is 0 Å². The van der Waals surface area contributed by atoms with Crippen molar-refractivity contribution >= 4 is 16.0 Å². The van der Waals surface area contributed by atoms with Crippen LogP contribution in [0.3, 0.4) is 0 Å². The Morgan fingerprint density at radius 2 is 1.61 bits per heavy atom. The third kappa shape index (κ3) is 6.11. The first kappa shape index (κ1) is 25.2. The van der Waals surface area contributed by atoms with Gasteiger partial charge in [-0.2, -0.15) is 4.31 Å². The molecule has 0 aromatic heterocycles. The van der Waals surface area contributed by atoms with Crippen molar-refractivity contribution in [3.8, 4) is 5.75 Å². The summed E-state index contributed by atoms with van der Waals surface area (Å²) in [5.41, 5.74) is 3.00. The molecule has 0 spiro atoms.